The topological polar surface area (TPSA) is 93.3 Å². The van der Waals surface area contributed by atoms with Gasteiger partial charge in [-0.25, -0.2) is 15.4 Å². The van der Waals surface area contributed by atoms with E-state index in [1.54, 1.807) is 30.6 Å². The Morgan fingerprint density at radius 1 is 1.32 bits per heavy atom. The summed E-state index contributed by atoms with van der Waals surface area (Å²) >= 11 is 3.21. The van der Waals surface area contributed by atoms with Crippen LogP contribution >= 0.6 is 15.9 Å². The number of halogens is 1. The lowest BCUT2D eigenvalue weighted by Gasteiger charge is -1.98. The van der Waals surface area contributed by atoms with Crippen molar-refractivity contribution >= 4 is 33.8 Å². The lowest BCUT2D eigenvalue weighted by Crippen LogP contribution is -1.98. The average Bonchev–Trinajstić information content (AvgIpc) is 2.41. The Labute approximate surface area is 116 Å². The Morgan fingerprint density at radius 2 is 2.00 bits per heavy atom. The van der Waals surface area contributed by atoms with E-state index >= 15 is 0 Å². The summed E-state index contributed by atoms with van der Waals surface area (Å²) in [6, 6.07) is 6.31. The zero-order valence-corrected chi connectivity index (χ0v) is 11.1. The zero-order chi connectivity index (χ0) is 13.7. The molecule has 0 amide bonds. The van der Waals surface area contributed by atoms with Crippen LogP contribution in [0.2, 0.25) is 0 Å². The van der Waals surface area contributed by atoms with Crippen molar-refractivity contribution in [2.75, 3.05) is 5.43 Å². The van der Waals surface area contributed by atoms with Gasteiger partial charge in [-0.15, -0.1) is 0 Å². The first-order chi connectivity index (χ1) is 9.16. The number of rotatable bonds is 4. The number of hydrogen-bond acceptors (Lipinski definition) is 6. The van der Waals surface area contributed by atoms with Crippen LogP contribution in [0.15, 0.2) is 46.2 Å². The average molecular weight is 322 g/mol. The maximum atomic E-state index is 10.8. The van der Waals surface area contributed by atoms with Crippen molar-refractivity contribution in [2.45, 2.75) is 0 Å². The van der Waals surface area contributed by atoms with Gasteiger partial charge < -0.3 is 0 Å². The fourth-order valence-electron chi connectivity index (χ4n) is 1.29. The highest BCUT2D eigenvalue weighted by Crippen LogP contribution is 2.15. The Kier molecular flexibility index (Phi) is 4.14. The van der Waals surface area contributed by atoms with Crippen LogP contribution in [0.4, 0.5) is 11.6 Å². The van der Waals surface area contributed by atoms with Crippen molar-refractivity contribution in [1.82, 2.24) is 9.97 Å². The first-order valence-corrected chi connectivity index (χ1v) is 5.96. The summed E-state index contributed by atoms with van der Waals surface area (Å²) < 4.78 is 0.751. The summed E-state index contributed by atoms with van der Waals surface area (Å²) in [5.74, 6) is 0.304. The molecule has 2 aromatic rings. The van der Waals surface area contributed by atoms with Crippen molar-refractivity contribution < 1.29 is 4.92 Å². The van der Waals surface area contributed by atoms with Crippen LogP contribution in [-0.2, 0) is 0 Å². The molecule has 0 aliphatic carbocycles. The summed E-state index contributed by atoms with van der Waals surface area (Å²) in [6.45, 7) is 0. The molecule has 0 aliphatic rings. The monoisotopic (exact) mass is 321 g/mol. The maximum Gasteiger partial charge on any atom is 0.278 e. The summed E-state index contributed by atoms with van der Waals surface area (Å²) in [6.07, 6.45) is 4.48. The van der Waals surface area contributed by atoms with Gasteiger partial charge in [0.1, 0.15) is 0 Å². The number of para-hydroxylation sites is 1. The highest BCUT2D eigenvalue weighted by atomic mass is 79.9. The fraction of sp³-hybridized carbons (Fsp3) is 0. The fourth-order valence-corrected chi connectivity index (χ4v) is 1.50. The number of aromatic nitrogens is 2. The van der Waals surface area contributed by atoms with E-state index in [0.29, 0.717) is 11.5 Å². The SMILES string of the molecule is O=[N+]([O-])c1ccccc1/C=N\Nc1ncc(Br)cn1. The van der Waals surface area contributed by atoms with Crippen LogP contribution in [0.3, 0.4) is 0 Å². The van der Waals surface area contributed by atoms with E-state index in [1.807, 2.05) is 0 Å². The van der Waals surface area contributed by atoms with Crippen molar-refractivity contribution in [3.05, 3.63) is 56.8 Å². The van der Waals surface area contributed by atoms with E-state index in [4.69, 9.17) is 0 Å². The summed E-state index contributed by atoms with van der Waals surface area (Å²) in [5, 5.41) is 14.7. The number of nitrogens with one attached hydrogen (secondary N) is 1. The molecule has 1 N–H and O–H groups in total. The van der Waals surface area contributed by atoms with E-state index in [0.717, 1.165) is 4.47 Å². The maximum absolute atomic E-state index is 10.8. The van der Waals surface area contributed by atoms with Gasteiger partial charge in [0.05, 0.1) is 21.2 Å². The van der Waals surface area contributed by atoms with Crippen LogP contribution in [0.25, 0.3) is 0 Å². The largest absolute Gasteiger partial charge is 0.278 e. The first-order valence-electron chi connectivity index (χ1n) is 5.17. The molecule has 0 atom stereocenters. The minimum absolute atomic E-state index is 0.00947. The Morgan fingerprint density at radius 3 is 2.68 bits per heavy atom. The molecule has 7 nitrogen and oxygen atoms in total. The van der Waals surface area contributed by atoms with Gasteiger partial charge in [-0.3, -0.25) is 10.1 Å². The number of anilines is 1. The van der Waals surface area contributed by atoms with Crippen LogP contribution < -0.4 is 5.43 Å². The standard InChI is InChI=1S/C11H8BrN5O2/c12-9-6-13-11(14-7-9)16-15-5-8-3-1-2-4-10(8)17(18)19/h1-7H,(H,13,14,16)/b15-5-. The van der Waals surface area contributed by atoms with Gasteiger partial charge in [0, 0.05) is 18.5 Å². The third-order valence-corrected chi connectivity index (χ3v) is 2.53. The van der Waals surface area contributed by atoms with E-state index in [2.05, 4.69) is 36.4 Å². The highest BCUT2D eigenvalue weighted by molar-refractivity contribution is 9.10. The van der Waals surface area contributed by atoms with Gasteiger partial charge in [-0.05, 0) is 22.0 Å². The second kappa shape index (κ2) is 6.01. The van der Waals surface area contributed by atoms with Crippen molar-refractivity contribution in [2.24, 2.45) is 5.10 Å². The number of hydrogen-bond donors (Lipinski definition) is 1. The molecule has 0 bridgehead atoms. The van der Waals surface area contributed by atoms with Crippen molar-refractivity contribution in [3.8, 4) is 0 Å². The van der Waals surface area contributed by atoms with Gasteiger partial charge in [0.2, 0.25) is 5.95 Å². The molecule has 19 heavy (non-hydrogen) atoms. The molecule has 0 saturated carbocycles. The molecule has 1 aromatic heterocycles. The molecule has 8 heteroatoms. The number of nitrogens with zero attached hydrogens (tertiary/aromatic N) is 4. The molecular formula is C11H8BrN5O2. The lowest BCUT2D eigenvalue weighted by molar-refractivity contribution is -0.385. The summed E-state index contributed by atoms with van der Waals surface area (Å²) in [4.78, 5) is 18.2. The minimum Gasteiger partial charge on any atom is -0.258 e. The third-order valence-electron chi connectivity index (χ3n) is 2.12. The molecular weight excluding hydrogens is 314 g/mol. The number of nitro benzene ring substituents is 1. The molecule has 96 valence electrons. The molecule has 0 fully saturated rings. The van der Waals surface area contributed by atoms with E-state index in [-0.39, 0.29) is 5.69 Å². The molecule has 0 spiro atoms. The van der Waals surface area contributed by atoms with Gasteiger partial charge >= 0.3 is 0 Å². The smallest absolute Gasteiger partial charge is 0.258 e. The lowest BCUT2D eigenvalue weighted by atomic mass is 10.2. The summed E-state index contributed by atoms with van der Waals surface area (Å²) in [5.41, 5.74) is 2.98. The minimum atomic E-state index is -0.461. The van der Waals surface area contributed by atoms with Gasteiger partial charge in [-0.1, -0.05) is 12.1 Å². The van der Waals surface area contributed by atoms with Gasteiger partial charge in [-0.2, -0.15) is 5.10 Å². The van der Waals surface area contributed by atoms with Crippen LogP contribution in [-0.4, -0.2) is 21.1 Å². The Hall–Kier alpha value is -2.35. The van der Waals surface area contributed by atoms with E-state index in [9.17, 15) is 10.1 Å². The zero-order valence-electron chi connectivity index (χ0n) is 9.52. The number of benzene rings is 1. The Bertz CT molecular complexity index is 615. The van der Waals surface area contributed by atoms with Crippen LogP contribution in [0.1, 0.15) is 5.56 Å². The number of nitro groups is 1. The van der Waals surface area contributed by atoms with Gasteiger partial charge in [0.25, 0.3) is 5.69 Å². The van der Waals surface area contributed by atoms with E-state index in [1.165, 1.54) is 12.3 Å². The van der Waals surface area contributed by atoms with E-state index < -0.39 is 4.92 Å². The molecule has 0 radical (unpaired) electrons. The van der Waals surface area contributed by atoms with Crippen LogP contribution in [0.5, 0.6) is 0 Å². The first kappa shape index (κ1) is 13.1. The summed E-state index contributed by atoms with van der Waals surface area (Å²) in [7, 11) is 0. The molecule has 0 aliphatic heterocycles. The molecule has 1 heterocycles. The van der Waals surface area contributed by atoms with Gasteiger partial charge in [0.15, 0.2) is 0 Å². The second-order valence-corrected chi connectivity index (χ2v) is 4.33. The second-order valence-electron chi connectivity index (χ2n) is 3.41. The molecule has 0 unspecified atom stereocenters. The molecule has 2 rings (SSSR count). The Balaban J connectivity index is 2.11. The predicted octanol–water partition coefficient (Wildman–Crippen LogP) is 2.59. The number of hydrazone groups is 1. The third kappa shape index (κ3) is 3.55. The normalized spacial score (nSPS) is 10.6. The molecule has 0 saturated heterocycles. The molecule has 1 aromatic carbocycles. The highest BCUT2D eigenvalue weighted by Gasteiger charge is 2.09. The van der Waals surface area contributed by atoms with Crippen molar-refractivity contribution in [3.63, 3.8) is 0 Å². The quantitative estimate of drug-likeness (QED) is 0.530. The van der Waals surface area contributed by atoms with Crippen LogP contribution in [0, 0.1) is 10.1 Å². The predicted molar refractivity (Wildman–Crippen MR) is 74.0 cm³/mol. The van der Waals surface area contributed by atoms with Crippen molar-refractivity contribution in [1.29, 1.82) is 0 Å².